The summed E-state index contributed by atoms with van der Waals surface area (Å²) < 4.78 is 0. The van der Waals surface area contributed by atoms with E-state index in [1.54, 1.807) is 7.05 Å². The first-order valence-corrected chi connectivity index (χ1v) is 6.90. The van der Waals surface area contributed by atoms with Gasteiger partial charge in [-0.05, 0) is 18.9 Å². The third-order valence-corrected chi connectivity index (χ3v) is 4.37. The molecule has 6 heteroatoms. The van der Waals surface area contributed by atoms with Crippen molar-refractivity contribution in [2.75, 3.05) is 20.1 Å². The van der Waals surface area contributed by atoms with Gasteiger partial charge >= 0.3 is 0 Å². The summed E-state index contributed by atoms with van der Waals surface area (Å²) in [6.07, 6.45) is 4.73. The van der Waals surface area contributed by atoms with Crippen LogP contribution in [-0.2, 0) is 14.4 Å². The van der Waals surface area contributed by atoms with Crippen molar-refractivity contribution in [3.8, 4) is 0 Å². The molecule has 0 bridgehead atoms. The maximum Gasteiger partial charge on any atom is 0.246 e. The zero-order valence-corrected chi connectivity index (χ0v) is 11.8. The second kappa shape index (κ2) is 5.64. The largest absolute Gasteiger partial charge is 0.354 e. The fourth-order valence-electron chi connectivity index (χ4n) is 2.99. The second-order valence-electron chi connectivity index (χ2n) is 5.72. The smallest absolute Gasteiger partial charge is 0.246 e. The van der Waals surface area contributed by atoms with Crippen molar-refractivity contribution < 1.29 is 14.4 Å². The Morgan fingerprint density at radius 1 is 1.55 bits per heavy atom. The molecule has 1 unspecified atom stereocenters. The van der Waals surface area contributed by atoms with Gasteiger partial charge in [-0.2, -0.15) is 0 Å². The van der Waals surface area contributed by atoms with E-state index in [0.717, 1.165) is 19.3 Å². The summed E-state index contributed by atoms with van der Waals surface area (Å²) >= 11 is 0. The number of carbonyl (C=O) groups excluding carboxylic acids is 3. The Morgan fingerprint density at radius 2 is 2.25 bits per heavy atom. The first-order valence-electron chi connectivity index (χ1n) is 6.90. The predicted molar refractivity (Wildman–Crippen MR) is 73.7 cm³/mol. The number of hydrogen-bond acceptors (Lipinski definition) is 3. The molecular formula is C14H21N3O3. The molecule has 1 aliphatic carbocycles. The molecule has 0 aromatic heterocycles. The van der Waals surface area contributed by atoms with Crippen molar-refractivity contribution in [1.29, 1.82) is 0 Å². The maximum atomic E-state index is 12.0. The predicted octanol–water partition coefficient (Wildman–Crippen LogP) is -0.194. The van der Waals surface area contributed by atoms with Crippen molar-refractivity contribution in [3.63, 3.8) is 0 Å². The van der Waals surface area contributed by atoms with Gasteiger partial charge in [-0.3, -0.25) is 14.4 Å². The molecular weight excluding hydrogens is 258 g/mol. The van der Waals surface area contributed by atoms with Gasteiger partial charge in [-0.25, -0.2) is 0 Å². The summed E-state index contributed by atoms with van der Waals surface area (Å²) in [6, 6.07) is -0.0336. The molecule has 20 heavy (non-hydrogen) atoms. The lowest BCUT2D eigenvalue weighted by molar-refractivity contribution is -0.135. The van der Waals surface area contributed by atoms with Crippen LogP contribution in [0.1, 0.15) is 25.7 Å². The van der Waals surface area contributed by atoms with Gasteiger partial charge in [0.05, 0.1) is 12.6 Å². The van der Waals surface area contributed by atoms with Gasteiger partial charge in [0, 0.05) is 25.4 Å². The Bertz CT molecular complexity index is 443. The topological polar surface area (TPSA) is 78.5 Å². The molecule has 2 N–H and O–H groups in total. The maximum absolute atomic E-state index is 12.0. The average molecular weight is 279 g/mol. The van der Waals surface area contributed by atoms with Crippen LogP contribution in [-0.4, -0.2) is 48.8 Å². The lowest BCUT2D eigenvalue weighted by Crippen LogP contribution is -2.62. The first-order chi connectivity index (χ1) is 9.47. The highest BCUT2D eigenvalue weighted by atomic mass is 16.2. The number of nitrogens with one attached hydrogen (secondary N) is 2. The van der Waals surface area contributed by atoms with Gasteiger partial charge in [0.25, 0.3) is 0 Å². The average Bonchev–Trinajstić information content (AvgIpc) is 2.37. The Morgan fingerprint density at radius 3 is 2.80 bits per heavy atom. The summed E-state index contributed by atoms with van der Waals surface area (Å²) in [5, 5.41) is 5.76. The molecule has 1 aliphatic heterocycles. The molecule has 2 rings (SSSR count). The number of amides is 3. The highest BCUT2D eigenvalue weighted by Crippen LogP contribution is 2.48. The SMILES string of the molecule is C=CC(=O)N(C)CC(=O)NC1CNC(=O)CC12CCC2. The van der Waals surface area contributed by atoms with Crippen LogP contribution >= 0.6 is 0 Å². The lowest BCUT2D eigenvalue weighted by atomic mass is 9.60. The third kappa shape index (κ3) is 2.84. The number of likely N-dealkylation sites (N-methyl/N-ethyl adjacent to an activating group) is 1. The quantitative estimate of drug-likeness (QED) is 0.700. The first kappa shape index (κ1) is 14.6. The number of rotatable bonds is 4. The van der Waals surface area contributed by atoms with E-state index in [1.165, 1.54) is 11.0 Å². The Labute approximate surface area is 118 Å². The third-order valence-electron chi connectivity index (χ3n) is 4.37. The zero-order valence-electron chi connectivity index (χ0n) is 11.8. The van der Waals surface area contributed by atoms with E-state index in [9.17, 15) is 14.4 Å². The highest BCUT2D eigenvalue weighted by molar-refractivity contribution is 5.90. The van der Waals surface area contributed by atoms with Gasteiger partial charge in [0.15, 0.2) is 0 Å². The zero-order chi connectivity index (χ0) is 14.8. The molecule has 0 aromatic rings. The summed E-state index contributed by atoms with van der Waals surface area (Å²) in [7, 11) is 1.56. The highest BCUT2D eigenvalue weighted by Gasteiger charge is 2.48. The summed E-state index contributed by atoms with van der Waals surface area (Å²) in [6.45, 7) is 3.87. The van der Waals surface area contributed by atoms with E-state index >= 15 is 0 Å². The monoisotopic (exact) mass is 279 g/mol. The van der Waals surface area contributed by atoms with Crippen LogP contribution in [0.25, 0.3) is 0 Å². The number of carbonyl (C=O) groups is 3. The molecule has 1 spiro atoms. The molecule has 1 atom stereocenters. The van der Waals surface area contributed by atoms with Crippen molar-refractivity contribution in [2.45, 2.75) is 31.7 Å². The van der Waals surface area contributed by atoms with E-state index in [-0.39, 0.29) is 35.7 Å². The van der Waals surface area contributed by atoms with Crippen LogP contribution in [0, 0.1) is 5.41 Å². The van der Waals surface area contributed by atoms with Gasteiger partial charge in [0.2, 0.25) is 17.7 Å². The van der Waals surface area contributed by atoms with Crippen LogP contribution in [0.15, 0.2) is 12.7 Å². The minimum Gasteiger partial charge on any atom is -0.354 e. The van der Waals surface area contributed by atoms with Crippen molar-refractivity contribution in [3.05, 3.63) is 12.7 Å². The fourth-order valence-corrected chi connectivity index (χ4v) is 2.99. The van der Waals surface area contributed by atoms with Crippen LogP contribution in [0.3, 0.4) is 0 Å². The van der Waals surface area contributed by atoms with Crippen molar-refractivity contribution >= 4 is 17.7 Å². The lowest BCUT2D eigenvalue weighted by Gasteiger charge is -2.50. The van der Waals surface area contributed by atoms with Crippen molar-refractivity contribution in [2.24, 2.45) is 5.41 Å². The molecule has 1 saturated heterocycles. The van der Waals surface area contributed by atoms with Gasteiger partial charge < -0.3 is 15.5 Å². The van der Waals surface area contributed by atoms with Crippen LogP contribution in [0.4, 0.5) is 0 Å². The van der Waals surface area contributed by atoms with E-state index in [1.807, 2.05) is 0 Å². The number of nitrogens with zero attached hydrogens (tertiary/aromatic N) is 1. The van der Waals surface area contributed by atoms with E-state index in [0.29, 0.717) is 13.0 Å². The Balaban J connectivity index is 1.91. The second-order valence-corrected chi connectivity index (χ2v) is 5.72. The van der Waals surface area contributed by atoms with E-state index < -0.39 is 0 Å². The molecule has 0 radical (unpaired) electrons. The molecule has 1 heterocycles. The molecule has 2 fully saturated rings. The van der Waals surface area contributed by atoms with Crippen LogP contribution in [0.5, 0.6) is 0 Å². The van der Waals surface area contributed by atoms with E-state index in [4.69, 9.17) is 0 Å². The summed E-state index contributed by atoms with van der Waals surface area (Å²) in [5.74, 6) is -0.417. The number of piperidine rings is 1. The molecule has 110 valence electrons. The molecule has 2 aliphatic rings. The van der Waals surface area contributed by atoms with Crippen LogP contribution in [0.2, 0.25) is 0 Å². The minimum atomic E-state index is -0.282. The van der Waals surface area contributed by atoms with Gasteiger partial charge in [-0.1, -0.05) is 13.0 Å². The normalized spacial score (nSPS) is 23.4. The molecule has 0 aromatic carbocycles. The summed E-state index contributed by atoms with van der Waals surface area (Å²) in [5.41, 5.74) is -0.0704. The van der Waals surface area contributed by atoms with Crippen LogP contribution < -0.4 is 10.6 Å². The molecule has 1 saturated carbocycles. The standard InChI is InChI=1S/C14H21N3O3/c1-3-13(20)17(2)9-12(19)16-10-8-15-11(18)7-14(10)5-4-6-14/h3,10H,1,4-9H2,2H3,(H,15,18)(H,16,19). The minimum absolute atomic E-state index is 0.00534. The Kier molecular flexibility index (Phi) is 4.11. The van der Waals surface area contributed by atoms with E-state index in [2.05, 4.69) is 17.2 Å². The molecule has 6 nitrogen and oxygen atoms in total. The fraction of sp³-hybridized carbons (Fsp3) is 0.643. The summed E-state index contributed by atoms with van der Waals surface area (Å²) in [4.78, 5) is 36.2. The number of hydrogen-bond donors (Lipinski definition) is 2. The van der Waals surface area contributed by atoms with Gasteiger partial charge in [-0.15, -0.1) is 0 Å². The van der Waals surface area contributed by atoms with Crippen molar-refractivity contribution in [1.82, 2.24) is 15.5 Å². The van der Waals surface area contributed by atoms with Gasteiger partial charge in [0.1, 0.15) is 0 Å². The Hall–Kier alpha value is -1.85. The molecule has 3 amide bonds.